The molecule has 2 nitrogen and oxygen atoms in total. The summed E-state index contributed by atoms with van der Waals surface area (Å²) in [7, 11) is 0. The Bertz CT molecular complexity index is 712. The van der Waals surface area contributed by atoms with Crippen LogP contribution in [0.4, 0.5) is 0 Å². The first kappa shape index (κ1) is 12.8. The highest BCUT2D eigenvalue weighted by molar-refractivity contribution is 9.10. The van der Waals surface area contributed by atoms with Gasteiger partial charge in [-0.2, -0.15) is 0 Å². The molecular formula is C14H8BrClN2S. The first-order valence-corrected chi connectivity index (χ1v) is 7.62. The van der Waals surface area contributed by atoms with E-state index in [1.807, 2.05) is 41.8 Å². The molecule has 0 unspecified atom stereocenters. The van der Waals surface area contributed by atoms with Crippen LogP contribution in [0.15, 0.2) is 52.3 Å². The van der Waals surface area contributed by atoms with Gasteiger partial charge in [0.2, 0.25) is 0 Å². The van der Waals surface area contributed by atoms with Crippen LogP contribution in [-0.2, 0) is 0 Å². The third-order valence-corrected chi connectivity index (χ3v) is 4.63. The number of thiophene rings is 1. The molecule has 1 aromatic carbocycles. The Morgan fingerprint density at radius 3 is 2.53 bits per heavy atom. The predicted molar refractivity (Wildman–Crippen MR) is 83.5 cm³/mol. The summed E-state index contributed by atoms with van der Waals surface area (Å²) < 4.78 is 1.02. The van der Waals surface area contributed by atoms with E-state index in [4.69, 9.17) is 11.6 Å². The summed E-state index contributed by atoms with van der Waals surface area (Å²) in [5.41, 5.74) is 1.79. The fraction of sp³-hybridized carbons (Fsp3) is 0. The highest BCUT2D eigenvalue weighted by atomic mass is 79.9. The molecule has 0 atom stereocenters. The minimum atomic E-state index is 0.448. The van der Waals surface area contributed by atoms with Crippen molar-refractivity contribution in [2.75, 3.05) is 0 Å². The van der Waals surface area contributed by atoms with Gasteiger partial charge in [-0.15, -0.1) is 11.3 Å². The lowest BCUT2D eigenvalue weighted by molar-refractivity contribution is 1.18. The van der Waals surface area contributed by atoms with E-state index in [1.54, 1.807) is 17.4 Å². The molecule has 3 aromatic rings. The van der Waals surface area contributed by atoms with Crippen molar-refractivity contribution in [3.63, 3.8) is 0 Å². The lowest BCUT2D eigenvalue weighted by Crippen LogP contribution is -1.92. The van der Waals surface area contributed by atoms with Crippen LogP contribution in [0.2, 0.25) is 5.15 Å². The van der Waals surface area contributed by atoms with Gasteiger partial charge in [-0.3, -0.25) is 0 Å². The Kier molecular flexibility index (Phi) is 3.64. The maximum atomic E-state index is 6.11. The monoisotopic (exact) mass is 350 g/mol. The maximum absolute atomic E-state index is 6.11. The van der Waals surface area contributed by atoms with E-state index in [0.717, 1.165) is 20.6 Å². The van der Waals surface area contributed by atoms with Crippen molar-refractivity contribution in [3.8, 4) is 22.0 Å². The highest BCUT2D eigenvalue weighted by Gasteiger charge is 2.10. The van der Waals surface area contributed by atoms with Gasteiger partial charge >= 0.3 is 0 Å². The van der Waals surface area contributed by atoms with Crippen molar-refractivity contribution >= 4 is 38.9 Å². The van der Waals surface area contributed by atoms with Crippen LogP contribution in [0.5, 0.6) is 0 Å². The second-order valence-corrected chi connectivity index (χ2v) is 6.02. The quantitative estimate of drug-likeness (QED) is 0.586. The van der Waals surface area contributed by atoms with Gasteiger partial charge in [0, 0.05) is 16.1 Å². The Labute approximate surface area is 128 Å². The van der Waals surface area contributed by atoms with E-state index in [1.165, 1.54) is 0 Å². The van der Waals surface area contributed by atoms with Crippen molar-refractivity contribution in [2.45, 2.75) is 0 Å². The van der Waals surface area contributed by atoms with Crippen LogP contribution in [0, 0.1) is 0 Å². The first-order valence-electron chi connectivity index (χ1n) is 5.57. The third-order valence-electron chi connectivity index (χ3n) is 2.58. The fourth-order valence-corrected chi connectivity index (χ4v) is 3.45. The van der Waals surface area contributed by atoms with Crippen molar-refractivity contribution in [3.05, 3.63) is 57.5 Å². The van der Waals surface area contributed by atoms with Gasteiger partial charge in [-0.1, -0.05) is 41.9 Å². The molecule has 0 N–H and O–H groups in total. The minimum absolute atomic E-state index is 0.448. The molecule has 2 heterocycles. The van der Waals surface area contributed by atoms with Crippen LogP contribution in [-0.4, -0.2) is 9.97 Å². The second-order valence-electron chi connectivity index (χ2n) is 3.86. The normalized spacial score (nSPS) is 10.6. The number of nitrogens with zero attached hydrogens (tertiary/aromatic N) is 2. The molecule has 0 aliphatic carbocycles. The highest BCUT2D eigenvalue weighted by Crippen LogP contribution is 2.34. The van der Waals surface area contributed by atoms with Crippen LogP contribution in [0.25, 0.3) is 22.0 Å². The summed E-state index contributed by atoms with van der Waals surface area (Å²) in [4.78, 5) is 9.94. The summed E-state index contributed by atoms with van der Waals surface area (Å²) in [5, 5.41) is 2.46. The molecule has 3 rings (SSSR count). The van der Waals surface area contributed by atoms with E-state index >= 15 is 0 Å². The Morgan fingerprint density at radius 1 is 1.05 bits per heavy atom. The summed E-state index contributed by atoms with van der Waals surface area (Å²) in [6.45, 7) is 0. The molecule has 19 heavy (non-hydrogen) atoms. The van der Waals surface area contributed by atoms with Gasteiger partial charge < -0.3 is 0 Å². The van der Waals surface area contributed by atoms with E-state index in [0.29, 0.717) is 11.0 Å². The van der Waals surface area contributed by atoms with Gasteiger partial charge in [0.05, 0.1) is 10.6 Å². The van der Waals surface area contributed by atoms with Crippen LogP contribution >= 0.6 is 38.9 Å². The fourth-order valence-electron chi connectivity index (χ4n) is 1.73. The second kappa shape index (κ2) is 5.41. The van der Waals surface area contributed by atoms with Crippen molar-refractivity contribution in [2.24, 2.45) is 0 Å². The standard InChI is InChI=1S/C14H8BrClN2S/c15-10-6-7-19-13(10)11-8-12(16)18-14(17-11)9-4-2-1-3-5-9/h1-8H. The number of aromatic nitrogens is 2. The first-order chi connectivity index (χ1) is 9.24. The zero-order valence-corrected chi connectivity index (χ0v) is 12.8. The molecule has 2 aromatic heterocycles. The molecule has 94 valence electrons. The topological polar surface area (TPSA) is 25.8 Å². The molecule has 0 spiro atoms. The van der Waals surface area contributed by atoms with Crippen LogP contribution in [0.1, 0.15) is 0 Å². The van der Waals surface area contributed by atoms with Crippen molar-refractivity contribution in [1.29, 1.82) is 0 Å². The molecule has 0 amide bonds. The SMILES string of the molecule is Clc1cc(-c2sccc2Br)nc(-c2ccccc2)n1. The molecule has 0 saturated carbocycles. The zero-order valence-electron chi connectivity index (χ0n) is 9.68. The van der Waals surface area contributed by atoms with Gasteiger partial charge in [-0.25, -0.2) is 9.97 Å². The van der Waals surface area contributed by atoms with E-state index in [2.05, 4.69) is 25.9 Å². The van der Waals surface area contributed by atoms with Crippen molar-refractivity contribution in [1.82, 2.24) is 9.97 Å². The van der Waals surface area contributed by atoms with Crippen LogP contribution < -0.4 is 0 Å². The summed E-state index contributed by atoms with van der Waals surface area (Å²) >= 11 is 11.2. The average molecular weight is 352 g/mol. The molecule has 0 saturated heterocycles. The number of hydrogen-bond acceptors (Lipinski definition) is 3. The largest absolute Gasteiger partial charge is 0.227 e. The summed E-state index contributed by atoms with van der Waals surface area (Å²) in [6, 6.07) is 13.6. The van der Waals surface area contributed by atoms with E-state index in [9.17, 15) is 0 Å². The molecule has 0 aliphatic rings. The zero-order chi connectivity index (χ0) is 13.2. The molecule has 0 aliphatic heterocycles. The summed E-state index contributed by atoms with van der Waals surface area (Å²) in [5.74, 6) is 0.642. The Hall–Kier alpha value is -1.23. The number of benzene rings is 1. The predicted octanol–water partition coefficient (Wildman–Crippen LogP) is 5.29. The third kappa shape index (κ3) is 2.71. The van der Waals surface area contributed by atoms with Gasteiger partial charge in [-0.05, 0) is 27.4 Å². The molecule has 5 heteroatoms. The Morgan fingerprint density at radius 2 is 1.84 bits per heavy atom. The van der Waals surface area contributed by atoms with Gasteiger partial charge in [0.1, 0.15) is 5.15 Å². The van der Waals surface area contributed by atoms with Gasteiger partial charge in [0.25, 0.3) is 0 Å². The van der Waals surface area contributed by atoms with Crippen molar-refractivity contribution < 1.29 is 0 Å². The maximum Gasteiger partial charge on any atom is 0.161 e. The number of rotatable bonds is 2. The lowest BCUT2D eigenvalue weighted by atomic mass is 10.2. The lowest BCUT2D eigenvalue weighted by Gasteiger charge is -2.04. The molecule has 0 bridgehead atoms. The minimum Gasteiger partial charge on any atom is -0.227 e. The summed E-state index contributed by atoms with van der Waals surface area (Å²) in [6.07, 6.45) is 0. The average Bonchev–Trinajstić information content (AvgIpc) is 2.85. The number of hydrogen-bond donors (Lipinski definition) is 0. The van der Waals surface area contributed by atoms with E-state index < -0.39 is 0 Å². The van der Waals surface area contributed by atoms with E-state index in [-0.39, 0.29) is 0 Å². The smallest absolute Gasteiger partial charge is 0.161 e. The molecule has 0 fully saturated rings. The molecular weight excluding hydrogens is 344 g/mol. The van der Waals surface area contributed by atoms with Crippen LogP contribution in [0.3, 0.4) is 0 Å². The van der Waals surface area contributed by atoms with Gasteiger partial charge in [0.15, 0.2) is 5.82 Å². The molecule has 0 radical (unpaired) electrons. The Balaban J connectivity index is 2.14. The number of halogens is 2.